The van der Waals surface area contributed by atoms with E-state index < -0.39 is 0 Å². The average Bonchev–Trinajstić information content (AvgIpc) is 2.96. The second kappa shape index (κ2) is 4.85. The first-order valence-corrected chi connectivity index (χ1v) is 8.02. The fourth-order valence-corrected chi connectivity index (χ4v) is 2.99. The summed E-state index contributed by atoms with van der Waals surface area (Å²) in [5.74, 6) is 0.836. The molecule has 1 N–H and O–H groups in total. The molecule has 1 fully saturated rings. The van der Waals surface area contributed by atoms with Gasteiger partial charge in [0.2, 0.25) is 0 Å². The van der Waals surface area contributed by atoms with Crippen LogP contribution in [0.2, 0.25) is 0 Å². The summed E-state index contributed by atoms with van der Waals surface area (Å²) < 4.78 is 18.2. The minimum absolute atomic E-state index is 0.347. The number of imidazole rings is 1. The number of nitrogens with zero attached hydrogens (tertiary/aromatic N) is 1. The monoisotopic (exact) mass is 312 g/mol. The zero-order valence-corrected chi connectivity index (χ0v) is 14.0. The van der Waals surface area contributed by atoms with Crippen molar-refractivity contribution in [2.75, 3.05) is 6.61 Å². The minimum Gasteiger partial charge on any atom is -0.492 e. The molecule has 0 unspecified atom stereocenters. The fraction of sp³-hybridized carbons (Fsp3) is 0.471. The zero-order chi connectivity index (χ0) is 16.2. The van der Waals surface area contributed by atoms with E-state index in [4.69, 9.17) is 14.0 Å². The number of aromatic amines is 1. The molecule has 2 aromatic rings. The van der Waals surface area contributed by atoms with Crippen LogP contribution < -0.4 is 10.2 Å². The van der Waals surface area contributed by atoms with Crippen LogP contribution in [-0.4, -0.2) is 34.9 Å². The van der Waals surface area contributed by atoms with Gasteiger partial charge in [-0.2, -0.15) is 0 Å². The van der Waals surface area contributed by atoms with E-state index in [0.29, 0.717) is 6.61 Å². The molecular formula is C17H21BN2O3. The summed E-state index contributed by atoms with van der Waals surface area (Å²) in [6, 6.07) is 6.09. The number of rotatable bonds is 1. The SMILES string of the molecule is CC1(C)OB(c2ccc3c(c2)OCCc2[nH]cnc2-3)OC1(C)C. The van der Waals surface area contributed by atoms with Gasteiger partial charge in [0.1, 0.15) is 5.75 Å². The molecule has 0 spiro atoms. The van der Waals surface area contributed by atoms with Crippen LogP contribution >= 0.6 is 0 Å². The lowest BCUT2D eigenvalue weighted by molar-refractivity contribution is 0.00578. The predicted octanol–water partition coefficient (Wildman–Crippen LogP) is 2.31. The van der Waals surface area contributed by atoms with Gasteiger partial charge in [-0.25, -0.2) is 4.98 Å². The molecule has 0 bridgehead atoms. The van der Waals surface area contributed by atoms with E-state index in [2.05, 4.69) is 37.7 Å². The maximum absolute atomic E-state index is 6.13. The van der Waals surface area contributed by atoms with Crippen LogP contribution in [0.3, 0.4) is 0 Å². The molecule has 0 atom stereocenters. The standard InChI is InChI=1S/C17H21BN2O3/c1-16(2)17(3,4)23-18(22-16)11-5-6-12-14(9-11)21-8-7-13-15(12)20-10-19-13/h5-6,9-10H,7-8H2,1-4H3,(H,19,20). The van der Waals surface area contributed by atoms with Crippen LogP contribution in [0, 0.1) is 0 Å². The summed E-state index contributed by atoms with van der Waals surface area (Å²) in [5, 5.41) is 0. The van der Waals surface area contributed by atoms with Crippen molar-refractivity contribution in [3.05, 3.63) is 30.2 Å². The molecule has 1 saturated heterocycles. The Morgan fingerprint density at radius 3 is 2.61 bits per heavy atom. The van der Waals surface area contributed by atoms with Gasteiger partial charge in [0, 0.05) is 17.7 Å². The zero-order valence-electron chi connectivity index (χ0n) is 14.0. The normalized spacial score (nSPS) is 21.3. The van der Waals surface area contributed by atoms with Gasteiger partial charge in [-0.1, -0.05) is 6.07 Å². The molecule has 3 heterocycles. The first-order chi connectivity index (χ1) is 10.9. The van der Waals surface area contributed by atoms with Gasteiger partial charge in [0.25, 0.3) is 0 Å². The predicted molar refractivity (Wildman–Crippen MR) is 88.9 cm³/mol. The largest absolute Gasteiger partial charge is 0.494 e. The topological polar surface area (TPSA) is 56.4 Å². The third kappa shape index (κ3) is 2.28. The van der Waals surface area contributed by atoms with Gasteiger partial charge in [-0.05, 0) is 45.3 Å². The summed E-state index contributed by atoms with van der Waals surface area (Å²) in [4.78, 5) is 7.62. The molecule has 0 saturated carbocycles. The fourth-order valence-electron chi connectivity index (χ4n) is 2.99. The van der Waals surface area contributed by atoms with Crippen molar-refractivity contribution >= 4 is 12.6 Å². The van der Waals surface area contributed by atoms with E-state index in [1.807, 2.05) is 18.2 Å². The van der Waals surface area contributed by atoms with Crippen molar-refractivity contribution < 1.29 is 14.0 Å². The first kappa shape index (κ1) is 14.8. The Bertz CT molecular complexity index is 738. The molecule has 6 heteroatoms. The van der Waals surface area contributed by atoms with Gasteiger partial charge in [0.05, 0.1) is 29.8 Å². The molecular weight excluding hydrogens is 291 g/mol. The van der Waals surface area contributed by atoms with E-state index in [0.717, 1.165) is 34.6 Å². The summed E-state index contributed by atoms with van der Waals surface area (Å²) in [5.41, 5.74) is 3.38. The van der Waals surface area contributed by atoms with Gasteiger partial charge >= 0.3 is 7.12 Å². The molecule has 120 valence electrons. The van der Waals surface area contributed by atoms with Crippen LogP contribution in [0.1, 0.15) is 33.4 Å². The number of hydrogen-bond donors (Lipinski definition) is 1. The minimum atomic E-state index is -0.379. The van der Waals surface area contributed by atoms with E-state index in [-0.39, 0.29) is 18.3 Å². The molecule has 2 aliphatic rings. The molecule has 0 amide bonds. The van der Waals surface area contributed by atoms with Crippen LogP contribution in [-0.2, 0) is 15.7 Å². The lowest BCUT2D eigenvalue weighted by Gasteiger charge is -2.32. The molecule has 5 nitrogen and oxygen atoms in total. The van der Waals surface area contributed by atoms with Gasteiger partial charge in [-0.3, -0.25) is 0 Å². The summed E-state index contributed by atoms with van der Waals surface area (Å²) >= 11 is 0. The number of aromatic nitrogens is 2. The highest BCUT2D eigenvalue weighted by atomic mass is 16.7. The Morgan fingerprint density at radius 1 is 1.13 bits per heavy atom. The number of nitrogens with one attached hydrogen (secondary N) is 1. The van der Waals surface area contributed by atoms with Crippen molar-refractivity contribution in [1.29, 1.82) is 0 Å². The van der Waals surface area contributed by atoms with Crippen LogP contribution in [0.25, 0.3) is 11.3 Å². The van der Waals surface area contributed by atoms with E-state index in [1.165, 1.54) is 0 Å². The molecule has 2 aliphatic heterocycles. The molecule has 1 aromatic carbocycles. The Kier molecular flexibility index (Phi) is 3.12. The van der Waals surface area contributed by atoms with E-state index >= 15 is 0 Å². The highest BCUT2D eigenvalue weighted by Crippen LogP contribution is 2.38. The lowest BCUT2D eigenvalue weighted by Crippen LogP contribution is -2.41. The molecule has 0 radical (unpaired) electrons. The van der Waals surface area contributed by atoms with E-state index in [1.54, 1.807) is 6.33 Å². The third-order valence-corrected chi connectivity index (χ3v) is 5.11. The number of benzene rings is 1. The maximum atomic E-state index is 6.13. The number of fused-ring (bicyclic) bond motifs is 3. The number of hydrogen-bond acceptors (Lipinski definition) is 4. The second-order valence-corrected chi connectivity index (χ2v) is 7.17. The second-order valence-electron chi connectivity index (χ2n) is 7.17. The highest BCUT2D eigenvalue weighted by Gasteiger charge is 2.51. The van der Waals surface area contributed by atoms with Gasteiger partial charge in [-0.15, -0.1) is 0 Å². The highest BCUT2D eigenvalue weighted by molar-refractivity contribution is 6.62. The number of H-pyrrole nitrogens is 1. The molecule has 4 rings (SSSR count). The van der Waals surface area contributed by atoms with E-state index in [9.17, 15) is 0 Å². The molecule has 23 heavy (non-hydrogen) atoms. The van der Waals surface area contributed by atoms with Crippen molar-refractivity contribution in [2.24, 2.45) is 0 Å². The lowest BCUT2D eigenvalue weighted by atomic mass is 9.78. The molecule has 0 aliphatic carbocycles. The van der Waals surface area contributed by atoms with Crippen molar-refractivity contribution in [3.8, 4) is 17.0 Å². The third-order valence-electron chi connectivity index (χ3n) is 5.11. The Labute approximate surface area is 136 Å². The van der Waals surface area contributed by atoms with Crippen LogP contribution in [0.4, 0.5) is 0 Å². The quantitative estimate of drug-likeness (QED) is 0.821. The van der Waals surface area contributed by atoms with Crippen molar-refractivity contribution in [3.63, 3.8) is 0 Å². The van der Waals surface area contributed by atoms with Crippen molar-refractivity contribution in [2.45, 2.75) is 45.3 Å². The average molecular weight is 312 g/mol. The van der Waals surface area contributed by atoms with Gasteiger partial charge in [0.15, 0.2) is 0 Å². The summed E-state index contributed by atoms with van der Waals surface area (Å²) in [6.07, 6.45) is 2.57. The molecule has 1 aromatic heterocycles. The maximum Gasteiger partial charge on any atom is 0.494 e. The van der Waals surface area contributed by atoms with Crippen LogP contribution in [0.15, 0.2) is 24.5 Å². The number of ether oxygens (including phenoxy) is 1. The Hall–Kier alpha value is -1.79. The summed E-state index contributed by atoms with van der Waals surface area (Å²) in [6.45, 7) is 8.87. The van der Waals surface area contributed by atoms with Crippen molar-refractivity contribution in [1.82, 2.24) is 9.97 Å². The summed E-state index contributed by atoms with van der Waals surface area (Å²) in [7, 11) is -0.379. The Morgan fingerprint density at radius 2 is 1.87 bits per heavy atom. The van der Waals surface area contributed by atoms with Gasteiger partial charge < -0.3 is 19.0 Å². The van der Waals surface area contributed by atoms with Crippen LogP contribution in [0.5, 0.6) is 5.75 Å². The first-order valence-electron chi connectivity index (χ1n) is 8.02. The smallest absolute Gasteiger partial charge is 0.492 e. The Balaban J connectivity index is 1.71.